The molecule has 0 spiro atoms. The largest absolute Gasteiger partial charge is 0.465 e. The normalized spacial score (nSPS) is 14.3. The number of carbonyl (C=O) groups excluding carboxylic acids is 3. The van der Waals surface area contributed by atoms with E-state index in [0.29, 0.717) is 42.3 Å². The van der Waals surface area contributed by atoms with Gasteiger partial charge in [-0.15, -0.1) is 0 Å². The van der Waals surface area contributed by atoms with Crippen LogP contribution >= 0.6 is 23.2 Å². The molecule has 0 atom stereocenters. The van der Waals surface area contributed by atoms with E-state index in [1.807, 2.05) is 4.90 Å². The number of nitrogens with zero attached hydrogens (tertiary/aromatic N) is 1. The summed E-state index contributed by atoms with van der Waals surface area (Å²) in [4.78, 5) is 41.5. The number of carbonyl (C=O) groups is 3. The van der Waals surface area contributed by atoms with E-state index in [9.17, 15) is 14.4 Å². The van der Waals surface area contributed by atoms with Crippen LogP contribution in [0, 0.1) is 6.92 Å². The fourth-order valence-corrected chi connectivity index (χ4v) is 3.95. The predicted octanol–water partition coefficient (Wildman–Crippen LogP) is 3.60. The molecule has 1 aromatic carbocycles. The maximum atomic E-state index is 12.6. The highest BCUT2D eigenvalue weighted by Crippen LogP contribution is 2.29. The van der Waals surface area contributed by atoms with Crippen LogP contribution in [0.2, 0.25) is 10.0 Å². The topological polar surface area (TPSA) is 101 Å². The number of hydrogen-bond acceptors (Lipinski definition) is 6. The first kappa shape index (κ1) is 23.0. The molecular formula is C21H23Cl2N3O5. The molecule has 1 aliphatic rings. The molecule has 3 rings (SSSR count). The van der Waals surface area contributed by atoms with Gasteiger partial charge in [0.15, 0.2) is 0 Å². The zero-order valence-electron chi connectivity index (χ0n) is 17.4. The van der Waals surface area contributed by atoms with Gasteiger partial charge in [0, 0.05) is 30.5 Å². The molecular weight excluding hydrogens is 445 g/mol. The second kappa shape index (κ2) is 9.62. The zero-order valence-corrected chi connectivity index (χ0v) is 18.9. The Morgan fingerprint density at radius 3 is 2.00 bits per heavy atom. The number of benzene rings is 1. The molecule has 1 amide bonds. The Hall–Kier alpha value is -2.71. The Kier molecular flexibility index (Phi) is 7.12. The van der Waals surface area contributed by atoms with Crippen molar-refractivity contribution in [2.45, 2.75) is 25.8 Å². The molecule has 0 unspecified atom stereocenters. The standard InChI is InChI=1S/C21H23Cl2N3O5/c1-11-16(22)17(23)18(24-11)19(27)25-14-4-6-26(7-5-14)15-9-12(20(28)30-2)8-13(10-15)21(29)31-3/h8-10,14,24H,4-7H2,1-3H3,(H,25,27). The molecule has 0 radical (unpaired) electrons. The zero-order chi connectivity index (χ0) is 22.7. The lowest BCUT2D eigenvalue weighted by Crippen LogP contribution is -2.45. The minimum atomic E-state index is -0.536. The number of ether oxygens (including phenoxy) is 2. The van der Waals surface area contributed by atoms with Gasteiger partial charge in [-0.05, 0) is 38.0 Å². The average molecular weight is 468 g/mol. The number of esters is 2. The third kappa shape index (κ3) is 4.97. The van der Waals surface area contributed by atoms with Crippen LogP contribution in [0.1, 0.15) is 49.7 Å². The summed E-state index contributed by atoms with van der Waals surface area (Å²) in [5, 5.41) is 3.53. The number of amides is 1. The smallest absolute Gasteiger partial charge is 0.337 e. The van der Waals surface area contributed by atoms with Crippen LogP contribution in [-0.2, 0) is 9.47 Å². The molecule has 0 aliphatic carbocycles. The second-order valence-corrected chi connectivity index (χ2v) is 8.00. The Morgan fingerprint density at radius 1 is 1.00 bits per heavy atom. The fraction of sp³-hybridized carbons (Fsp3) is 0.381. The monoisotopic (exact) mass is 467 g/mol. The average Bonchev–Trinajstić information content (AvgIpc) is 3.05. The molecule has 31 heavy (non-hydrogen) atoms. The van der Waals surface area contributed by atoms with Crippen LogP contribution in [0.4, 0.5) is 5.69 Å². The van der Waals surface area contributed by atoms with E-state index in [1.54, 1.807) is 19.1 Å². The van der Waals surface area contributed by atoms with Gasteiger partial charge in [-0.2, -0.15) is 0 Å². The van der Waals surface area contributed by atoms with E-state index >= 15 is 0 Å². The Bertz CT molecular complexity index is 978. The second-order valence-electron chi connectivity index (χ2n) is 7.24. The van der Waals surface area contributed by atoms with Crippen LogP contribution < -0.4 is 10.2 Å². The van der Waals surface area contributed by atoms with E-state index in [0.717, 1.165) is 0 Å². The number of aromatic nitrogens is 1. The van der Waals surface area contributed by atoms with Crippen LogP contribution in [0.3, 0.4) is 0 Å². The van der Waals surface area contributed by atoms with Crippen molar-refractivity contribution < 1.29 is 23.9 Å². The number of nitrogens with one attached hydrogen (secondary N) is 2. The maximum Gasteiger partial charge on any atom is 0.337 e. The third-order valence-corrected chi connectivity index (χ3v) is 6.18. The molecule has 1 aromatic heterocycles. The van der Waals surface area contributed by atoms with E-state index in [-0.39, 0.29) is 33.8 Å². The highest BCUT2D eigenvalue weighted by Gasteiger charge is 2.25. The first-order valence-electron chi connectivity index (χ1n) is 9.66. The van der Waals surface area contributed by atoms with Crippen LogP contribution in [-0.4, -0.2) is 56.2 Å². The summed E-state index contributed by atoms with van der Waals surface area (Å²) in [5.41, 5.74) is 2.13. The van der Waals surface area contributed by atoms with Crippen molar-refractivity contribution in [3.05, 3.63) is 50.8 Å². The summed E-state index contributed by atoms with van der Waals surface area (Å²) in [5.74, 6) is -1.38. The molecule has 2 aromatic rings. The summed E-state index contributed by atoms with van der Waals surface area (Å²) < 4.78 is 9.58. The number of methoxy groups -OCH3 is 2. The van der Waals surface area contributed by atoms with Gasteiger partial charge in [-0.3, -0.25) is 4.79 Å². The number of H-pyrrole nitrogens is 1. The van der Waals surface area contributed by atoms with Crippen molar-refractivity contribution in [1.82, 2.24) is 10.3 Å². The molecule has 8 nitrogen and oxygen atoms in total. The van der Waals surface area contributed by atoms with E-state index < -0.39 is 11.9 Å². The van der Waals surface area contributed by atoms with Crippen molar-refractivity contribution in [1.29, 1.82) is 0 Å². The Balaban J connectivity index is 1.70. The van der Waals surface area contributed by atoms with Crippen LogP contribution in [0.15, 0.2) is 18.2 Å². The molecule has 1 aliphatic heterocycles. The minimum Gasteiger partial charge on any atom is -0.465 e. The lowest BCUT2D eigenvalue weighted by atomic mass is 10.0. The van der Waals surface area contributed by atoms with Gasteiger partial charge < -0.3 is 24.7 Å². The van der Waals surface area contributed by atoms with E-state index in [2.05, 4.69) is 10.3 Å². The van der Waals surface area contributed by atoms with Crippen molar-refractivity contribution in [3.8, 4) is 0 Å². The SMILES string of the molecule is COC(=O)c1cc(C(=O)OC)cc(N2CCC(NC(=O)c3[nH]c(C)c(Cl)c3Cl)CC2)c1. The van der Waals surface area contributed by atoms with Crippen LogP contribution in [0.25, 0.3) is 0 Å². The third-order valence-electron chi connectivity index (χ3n) is 5.24. The van der Waals surface area contributed by atoms with Crippen molar-refractivity contribution >= 4 is 46.7 Å². The van der Waals surface area contributed by atoms with Gasteiger partial charge in [-0.25, -0.2) is 9.59 Å². The number of aryl methyl sites for hydroxylation is 1. The number of rotatable bonds is 5. The number of anilines is 1. The van der Waals surface area contributed by atoms with Crippen molar-refractivity contribution in [3.63, 3.8) is 0 Å². The van der Waals surface area contributed by atoms with Gasteiger partial charge >= 0.3 is 11.9 Å². The minimum absolute atomic E-state index is 0.0499. The summed E-state index contributed by atoms with van der Waals surface area (Å²) in [7, 11) is 2.57. The van der Waals surface area contributed by atoms with Gasteiger partial charge in [0.25, 0.3) is 5.91 Å². The summed E-state index contributed by atoms with van der Waals surface area (Å²) in [6.45, 7) is 2.98. The number of piperidine rings is 1. The molecule has 2 N–H and O–H groups in total. The quantitative estimate of drug-likeness (QED) is 0.651. The lowest BCUT2D eigenvalue weighted by Gasteiger charge is -2.34. The highest BCUT2D eigenvalue weighted by atomic mass is 35.5. The Labute approximate surface area is 189 Å². The molecule has 2 heterocycles. The maximum absolute atomic E-state index is 12.6. The lowest BCUT2D eigenvalue weighted by molar-refractivity contribution is 0.0599. The number of halogens is 2. The molecule has 1 saturated heterocycles. The Morgan fingerprint density at radius 2 is 1.55 bits per heavy atom. The number of hydrogen-bond donors (Lipinski definition) is 2. The molecule has 0 saturated carbocycles. The van der Waals surface area contributed by atoms with Gasteiger partial charge in [0.05, 0.1) is 35.4 Å². The van der Waals surface area contributed by atoms with Crippen LogP contribution in [0.5, 0.6) is 0 Å². The van der Waals surface area contributed by atoms with Gasteiger partial charge in [0.1, 0.15) is 5.69 Å². The number of aromatic amines is 1. The first-order chi connectivity index (χ1) is 14.7. The summed E-state index contributed by atoms with van der Waals surface area (Å²) in [6, 6.07) is 4.76. The molecule has 166 valence electrons. The molecule has 0 bridgehead atoms. The highest BCUT2D eigenvalue weighted by molar-refractivity contribution is 6.44. The fourth-order valence-electron chi connectivity index (χ4n) is 3.53. The predicted molar refractivity (Wildman–Crippen MR) is 117 cm³/mol. The van der Waals surface area contributed by atoms with Crippen molar-refractivity contribution in [2.24, 2.45) is 0 Å². The van der Waals surface area contributed by atoms with Gasteiger partial charge in [0.2, 0.25) is 0 Å². The van der Waals surface area contributed by atoms with Gasteiger partial charge in [-0.1, -0.05) is 23.2 Å². The summed E-state index contributed by atoms with van der Waals surface area (Å²) in [6.07, 6.45) is 1.35. The van der Waals surface area contributed by atoms with E-state index in [4.69, 9.17) is 32.7 Å². The van der Waals surface area contributed by atoms with Crippen molar-refractivity contribution in [2.75, 3.05) is 32.2 Å². The first-order valence-corrected chi connectivity index (χ1v) is 10.4. The van der Waals surface area contributed by atoms with E-state index in [1.165, 1.54) is 20.3 Å². The summed E-state index contributed by atoms with van der Waals surface area (Å²) >= 11 is 12.2. The molecule has 1 fully saturated rings. The molecule has 10 heteroatoms.